The van der Waals surface area contributed by atoms with Crippen LogP contribution in [-0.2, 0) is 18.9 Å². The van der Waals surface area contributed by atoms with E-state index in [9.17, 15) is 40.5 Å². The molecule has 13 heteroatoms. The fourth-order valence-electron chi connectivity index (χ4n) is 4.53. The number of rotatable bonds is 6. The van der Waals surface area contributed by atoms with Gasteiger partial charge in [0.25, 0.3) is 0 Å². The van der Waals surface area contributed by atoms with Crippen LogP contribution in [0.1, 0.15) is 39.0 Å². The third kappa shape index (κ3) is 6.49. The van der Waals surface area contributed by atoms with Crippen molar-refractivity contribution in [2.24, 2.45) is 0 Å². The van der Waals surface area contributed by atoms with Crippen LogP contribution in [0.2, 0.25) is 0 Å². The van der Waals surface area contributed by atoms with Gasteiger partial charge in [-0.15, -0.1) is 0 Å². The predicted octanol–water partition coefficient (Wildman–Crippen LogP) is -2.38. The standard InChI is InChI=1S/C22H37NO12/c1-22(19(30)18(29)16(27)13(10-25)34-22)35-20-14(17(28)15(26)12(9-24)33-20)23-21(31)32-11-7-5-3-2-4-6-8-11/h2-3,11-20,24-30H,4-10H2,1H3,(H,23,31)/b3-2+/t11?,12-,13?,14?,15?,16-,17?,18+,19?,20-,22-/m1/s1. The molecular formula is C22H37NO12. The first-order valence-electron chi connectivity index (χ1n) is 11.9. The molecule has 0 bridgehead atoms. The third-order valence-electron chi connectivity index (χ3n) is 6.66. The van der Waals surface area contributed by atoms with Crippen LogP contribution >= 0.6 is 0 Å². The van der Waals surface area contributed by atoms with Gasteiger partial charge in [-0.05, 0) is 39.0 Å². The lowest BCUT2D eigenvalue weighted by atomic mass is 9.92. The van der Waals surface area contributed by atoms with Gasteiger partial charge < -0.3 is 60.0 Å². The second-order valence-corrected chi connectivity index (χ2v) is 9.28. The lowest BCUT2D eigenvalue weighted by Gasteiger charge is -2.50. The number of alkyl carbamates (subject to hydrolysis) is 1. The van der Waals surface area contributed by atoms with Gasteiger partial charge in [-0.2, -0.15) is 0 Å². The minimum atomic E-state index is -2.07. The van der Waals surface area contributed by atoms with Crippen molar-refractivity contribution in [1.29, 1.82) is 0 Å². The number of hydrogen-bond acceptors (Lipinski definition) is 12. The summed E-state index contributed by atoms with van der Waals surface area (Å²) in [4.78, 5) is 12.7. The van der Waals surface area contributed by atoms with Crippen molar-refractivity contribution in [3.05, 3.63) is 12.2 Å². The average Bonchev–Trinajstić information content (AvgIpc) is 2.81. The number of aliphatic hydroxyl groups excluding tert-OH is 7. The second kappa shape index (κ2) is 12.2. The van der Waals surface area contributed by atoms with Gasteiger partial charge in [0.05, 0.1) is 13.2 Å². The van der Waals surface area contributed by atoms with Crippen molar-refractivity contribution in [3.8, 4) is 0 Å². The number of nitrogens with one attached hydrogen (secondary N) is 1. The highest BCUT2D eigenvalue weighted by atomic mass is 16.8. The van der Waals surface area contributed by atoms with E-state index in [-0.39, 0.29) is 6.10 Å². The Labute approximate surface area is 202 Å². The zero-order chi connectivity index (χ0) is 25.8. The summed E-state index contributed by atoms with van der Waals surface area (Å²) in [6.07, 6.45) is -6.15. The number of carbonyl (C=O) groups excluding carboxylic acids is 1. The number of aliphatic hydroxyl groups is 7. The van der Waals surface area contributed by atoms with E-state index >= 15 is 0 Å². The zero-order valence-corrected chi connectivity index (χ0v) is 19.5. The summed E-state index contributed by atoms with van der Waals surface area (Å²) >= 11 is 0. The first kappa shape index (κ1) is 28.2. The number of carbonyl (C=O) groups is 1. The van der Waals surface area contributed by atoms with E-state index in [1.54, 1.807) is 0 Å². The van der Waals surface area contributed by atoms with E-state index in [1.165, 1.54) is 6.92 Å². The van der Waals surface area contributed by atoms with Crippen molar-refractivity contribution in [2.75, 3.05) is 13.2 Å². The normalized spacial score (nSPS) is 45.7. The molecule has 0 aromatic rings. The Kier molecular flexibility index (Phi) is 9.85. The van der Waals surface area contributed by atoms with E-state index in [0.29, 0.717) is 12.8 Å². The lowest BCUT2D eigenvalue weighted by molar-refractivity contribution is -0.407. The minimum absolute atomic E-state index is 0.362. The predicted molar refractivity (Wildman–Crippen MR) is 117 cm³/mol. The van der Waals surface area contributed by atoms with Crippen LogP contribution in [-0.4, -0.2) is 122 Å². The molecule has 0 radical (unpaired) electrons. The van der Waals surface area contributed by atoms with Crippen molar-refractivity contribution < 1.29 is 59.5 Å². The molecule has 6 unspecified atom stereocenters. The van der Waals surface area contributed by atoms with Crippen LogP contribution in [0.4, 0.5) is 4.79 Å². The van der Waals surface area contributed by atoms with Crippen LogP contribution in [0.5, 0.6) is 0 Å². The Hall–Kier alpha value is -1.39. The maximum Gasteiger partial charge on any atom is 0.407 e. The van der Waals surface area contributed by atoms with Crippen LogP contribution in [0.3, 0.4) is 0 Å². The molecule has 0 aromatic carbocycles. The van der Waals surface area contributed by atoms with Gasteiger partial charge in [0.1, 0.15) is 54.9 Å². The fraction of sp³-hybridized carbons (Fsp3) is 0.864. The molecule has 1 aliphatic carbocycles. The van der Waals surface area contributed by atoms with E-state index in [2.05, 4.69) is 11.4 Å². The van der Waals surface area contributed by atoms with E-state index in [1.807, 2.05) is 6.08 Å². The van der Waals surface area contributed by atoms with Crippen LogP contribution in [0, 0.1) is 0 Å². The monoisotopic (exact) mass is 507 g/mol. The molecule has 0 saturated carbocycles. The highest BCUT2D eigenvalue weighted by Gasteiger charge is 2.55. The topological polar surface area (TPSA) is 208 Å². The largest absolute Gasteiger partial charge is 0.446 e. The second-order valence-electron chi connectivity index (χ2n) is 9.28. The molecule has 0 spiro atoms. The molecule has 1 amide bonds. The molecular weight excluding hydrogens is 470 g/mol. The summed E-state index contributed by atoms with van der Waals surface area (Å²) in [7, 11) is 0. The molecule has 2 fully saturated rings. The first-order valence-corrected chi connectivity index (χ1v) is 11.9. The van der Waals surface area contributed by atoms with E-state index < -0.39 is 80.2 Å². The zero-order valence-electron chi connectivity index (χ0n) is 19.5. The Morgan fingerprint density at radius 1 is 0.971 bits per heavy atom. The van der Waals surface area contributed by atoms with E-state index in [0.717, 1.165) is 19.3 Å². The van der Waals surface area contributed by atoms with Crippen molar-refractivity contribution in [1.82, 2.24) is 5.32 Å². The minimum Gasteiger partial charge on any atom is -0.446 e. The molecule has 2 heterocycles. The Morgan fingerprint density at radius 2 is 1.63 bits per heavy atom. The van der Waals surface area contributed by atoms with Crippen LogP contribution < -0.4 is 5.32 Å². The maximum atomic E-state index is 12.7. The molecule has 8 N–H and O–H groups in total. The molecule has 35 heavy (non-hydrogen) atoms. The highest BCUT2D eigenvalue weighted by molar-refractivity contribution is 5.68. The van der Waals surface area contributed by atoms with Gasteiger partial charge in [0.15, 0.2) is 12.1 Å². The summed E-state index contributed by atoms with van der Waals surface area (Å²) in [6, 6.07) is -1.43. The molecule has 2 aliphatic heterocycles. The Morgan fingerprint density at radius 3 is 2.31 bits per heavy atom. The maximum absolute atomic E-state index is 12.7. The van der Waals surface area contributed by atoms with Gasteiger partial charge >= 0.3 is 6.09 Å². The summed E-state index contributed by atoms with van der Waals surface area (Å²) in [5.74, 6) is -2.07. The molecule has 202 valence electrons. The molecule has 2 saturated heterocycles. The fourth-order valence-corrected chi connectivity index (χ4v) is 4.53. The van der Waals surface area contributed by atoms with Gasteiger partial charge in [0, 0.05) is 0 Å². The van der Waals surface area contributed by atoms with Gasteiger partial charge in [-0.1, -0.05) is 12.2 Å². The van der Waals surface area contributed by atoms with E-state index in [4.69, 9.17) is 18.9 Å². The molecule has 13 nitrogen and oxygen atoms in total. The Bertz CT molecular complexity index is 723. The SMILES string of the molecule is C[C@]1(O[C@H]2O[C@H](CO)C(O)C(O)C2NC(=O)OC2CC/C=C/CCC2)OC(CO)[C@@H](O)[C@H](O)C1O. The third-order valence-corrected chi connectivity index (χ3v) is 6.66. The number of ether oxygens (including phenoxy) is 4. The first-order chi connectivity index (χ1) is 16.6. The molecule has 3 aliphatic rings. The van der Waals surface area contributed by atoms with Crippen LogP contribution in [0.25, 0.3) is 0 Å². The van der Waals surface area contributed by atoms with Crippen molar-refractivity contribution in [3.63, 3.8) is 0 Å². The summed E-state index contributed by atoms with van der Waals surface area (Å²) in [5, 5.41) is 73.2. The Balaban J connectivity index is 1.76. The number of allylic oxidation sites excluding steroid dienone is 2. The quantitative estimate of drug-likeness (QED) is 0.177. The summed E-state index contributed by atoms with van der Waals surface area (Å²) in [6.45, 7) is -0.201. The van der Waals surface area contributed by atoms with Crippen molar-refractivity contribution >= 4 is 6.09 Å². The number of hydrogen-bond donors (Lipinski definition) is 8. The highest BCUT2D eigenvalue weighted by Crippen LogP contribution is 2.35. The average molecular weight is 508 g/mol. The molecule has 0 aromatic heterocycles. The molecule has 11 atom stereocenters. The van der Waals surface area contributed by atoms with Gasteiger partial charge in [-0.3, -0.25) is 0 Å². The van der Waals surface area contributed by atoms with Gasteiger partial charge in [-0.25, -0.2) is 4.79 Å². The molecule has 3 rings (SSSR count). The lowest BCUT2D eigenvalue weighted by Crippen LogP contribution is -2.70. The van der Waals surface area contributed by atoms with Crippen LogP contribution in [0.15, 0.2) is 12.2 Å². The van der Waals surface area contributed by atoms with Gasteiger partial charge in [0.2, 0.25) is 0 Å². The van der Waals surface area contributed by atoms with Crippen molar-refractivity contribution in [2.45, 2.75) is 106 Å². The summed E-state index contributed by atoms with van der Waals surface area (Å²) in [5.41, 5.74) is 0. The number of amides is 1. The smallest absolute Gasteiger partial charge is 0.407 e. The summed E-state index contributed by atoms with van der Waals surface area (Å²) < 4.78 is 22.3.